The van der Waals surface area contributed by atoms with Crippen LogP contribution in [0.5, 0.6) is 0 Å². The van der Waals surface area contributed by atoms with E-state index < -0.39 is 0 Å². The van der Waals surface area contributed by atoms with E-state index in [1.165, 1.54) is 5.56 Å². The van der Waals surface area contributed by atoms with Crippen LogP contribution in [0.2, 0.25) is 0 Å². The Morgan fingerprint density at radius 1 is 0.955 bits per heavy atom. The van der Waals surface area contributed by atoms with E-state index in [2.05, 4.69) is 49.9 Å². The van der Waals surface area contributed by atoms with Crippen LogP contribution < -0.4 is 0 Å². The standard InChI is InChI=1S/C20H23NO/c1-20(2,3)21-14-17(18(21)15-10-6-4-7-11-15)19(22)16-12-8-5-9-13-16/h4-13,17-18H,14H2,1-3H3/t17-,18-/m1/s1. The van der Waals surface area contributed by atoms with Crippen molar-refractivity contribution in [3.63, 3.8) is 0 Å². The predicted molar refractivity (Wildman–Crippen MR) is 89.9 cm³/mol. The minimum Gasteiger partial charge on any atom is -0.294 e. The fourth-order valence-corrected chi connectivity index (χ4v) is 3.30. The second-order valence-corrected chi connectivity index (χ2v) is 7.02. The molecular weight excluding hydrogens is 270 g/mol. The van der Waals surface area contributed by atoms with Crippen molar-refractivity contribution in [1.29, 1.82) is 0 Å². The number of rotatable bonds is 3. The zero-order valence-corrected chi connectivity index (χ0v) is 13.5. The maximum absolute atomic E-state index is 12.9. The molecule has 1 aliphatic heterocycles. The second kappa shape index (κ2) is 5.69. The zero-order valence-electron chi connectivity index (χ0n) is 13.5. The van der Waals surface area contributed by atoms with E-state index in [0.29, 0.717) is 0 Å². The van der Waals surface area contributed by atoms with Crippen molar-refractivity contribution in [1.82, 2.24) is 4.90 Å². The third kappa shape index (κ3) is 2.71. The molecule has 0 radical (unpaired) electrons. The smallest absolute Gasteiger partial charge is 0.169 e. The van der Waals surface area contributed by atoms with Crippen LogP contribution in [0.1, 0.15) is 42.7 Å². The average molecular weight is 293 g/mol. The van der Waals surface area contributed by atoms with Gasteiger partial charge in [-0.2, -0.15) is 0 Å². The first-order chi connectivity index (χ1) is 10.5. The number of nitrogens with zero attached hydrogens (tertiary/aromatic N) is 1. The summed E-state index contributed by atoms with van der Waals surface area (Å²) in [7, 11) is 0. The van der Waals surface area contributed by atoms with Crippen LogP contribution in [0.15, 0.2) is 60.7 Å². The molecule has 1 aliphatic rings. The largest absolute Gasteiger partial charge is 0.294 e. The topological polar surface area (TPSA) is 20.3 Å². The molecule has 2 heteroatoms. The first-order valence-corrected chi connectivity index (χ1v) is 7.89. The molecule has 22 heavy (non-hydrogen) atoms. The summed E-state index contributed by atoms with van der Waals surface area (Å²) < 4.78 is 0. The van der Waals surface area contributed by atoms with Crippen molar-refractivity contribution < 1.29 is 4.79 Å². The van der Waals surface area contributed by atoms with Crippen molar-refractivity contribution in [3.05, 3.63) is 71.8 Å². The van der Waals surface area contributed by atoms with Crippen molar-refractivity contribution in [2.45, 2.75) is 32.4 Å². The van der Waals surface area contributed by atoms with Crippen molar-refractivity contribution >= 4 is 5.78 Å². The van der Waals surface area contributed by atoms with Crippen LogP contribution in [0, 0.1) is 5.92 Å². The molecule has 2 atom stereocenters. The van der Waals surface area contributed by atoms with Crippen LogP contribution in [0.4, 0.5) is 0 Å². The third-order valence-electron chi connectivity index (χ3n) is 4.51. The van der Waals surface area contributed by atoms with Gasteiger partial charge in [-0.3, -0.25) is 9.69 Å². The fraction of sp³-hybridized carbons (Fsp3) is 0.350. The average Bonchev–Trinajstić information content (AvgIpc) is 2.46. The maximum Gasteiger partial charge on any atom is 0.169 e. The molecule has 3 rings (SSSR count). The summed E-state index contributed by atoms with van der Waals surface area (Å²) in [5.41, 5.74) is 2.12. The van der Waals surface area contributed by atoms with E-state index in [-0.39, 0.29) is 23.3 Å². The summed E-state index contributed by atoms with van der Waals surface area (Å²) in [6, 6.07) is 20.2. The van der Waals surface area contributed by atoms with E-state index in [0.717, 1.165) is 12.1 Å². The first kappa shape index (κ1) is 15.0. The number of benzene rings is 2. The molecule has 0 spiro atoms. The van der Waals surface area contributed by atoms with Gasteiger partial charge in [0.15, 0.2) is 5.78 Å². The number of carbonyl (C=O) groups is 1. The number of hydrogen-bond donors (Lipinski definition) is 0. The molecule has 0 saturated carbocycles. The number of ketones is 1. The van der Waals surface area contributed by atoms with Crippen molar-refractivity contribution in [3.8, 4) is 0 Å². The molecule has 0 bridgehead atoms. The monoisotopic (exact) mass is 293 g/mol. The lowest BCUT2D eigenvalue weighted by molar-refractivity contribution is -0.0434. The zero-order chi connectivity index (χ0) is 15.7. The molecule has 0 aliphatic carbocycles. The Morgan fingerprint density at radius 2 is 1.50 bits per heavy atom. The Labute approximate surface area is 132 Å². The van der Waals surface area contributed by atoms with E-state index in [1.54, 1.807) is 0 Å². The molecule has 114 valence electrons. The molecule has 1 fully saturated rings. The van der Waals surface area contributed by atoms with E-state index in [4.69, 9.17) is 0 Å². The molecule has 2 aromatic rings. The van der Waals surface area contributed by atoms with Gasteiger partial charge in [0.05, 0.1) is 5.92 Å². The molecular formula is C20H23NO. The van der Waals surface area contributed by atoms with Gasteiger partial charge in [0.2, 0.25) is 0 Å². The van der Waals surface area contributed by atoms with Gasteiger partial charge < -0.3 is 0 Å². The molecule has 0 aromatic heterocycles. The van der Waals surface area contributed by atoms with E-state index >= 15 is 0 Å². The highest BCUT2D eigenvalue weighted by Gasteiger charge is 2.48. The summed E-state index contributed by atoms with van der Waals surface area (Å²) in [5, 5.41) is 0. The summed E-state index contributed by atoms with van der Waals surface area (Å²) >= 11 is 0. The van der Waals surface area contributed by atoms with E-state index in [1.807, 2.05) is 36.4 Å². The lowest BCUT2D eigenvalue weighted by atomic mass is 9.76. The van der Waals surface area contributed by atoms with Gasteiger partial charge in [-0.1, -0.05) is 60.7 Å². The minimum atomic E-state index is 0.0454. The molecule has 1 saturated heterocycles. The summed E-state index contributed by atoms with van der Waals surface area (Å²) in [5.74, 6) is 0.305. The highest BCUT2D eigenvalue weighted by atomic mass is 16.1. The lowest BCUT2D eigenvalue weighted by Crippen LogP contribution is -2.60. The normalized spacial score (nSPS) is 22.1. The fourth-order valence-electron chi connectivity index (χ4n) is 3.30. The molecule has 0 amide bonds. The summed E-state index contributed by atoms with van der Waals surface area (Å²) in [6.45, 7) is 7.47. The molecule has 0 N–H and O–H groups in total. The summed E-state index contributed by atoms with van der Waals surface area (Å²) in [6.07, 6.45) is 0. The Balaban J connectivity index is 1.91. The number of Topliss-reactive ketones (excluding diaryl/α,β-unsaturated/α-hetero) is 1. The van der Waals surface area contributed by atoms with Gasteiger partial charge in [0.1, 0.15) is 0 Å². The SMILES string of the molecule is CC(C)(C)N1C[C@@H](C(=O)c2ccccc2)[C@H]1c1ccccc1. The minimum absolute atomic E-state index is 0.0454. The molecule has 1 heterocycles. The molecule has 2 nitrogen and oxygen atoms in total. The van der Waals surface area contributed by atoms with Gasteiger partial charge in [0.25, 0.3) is 0 Å². The van der Waals surface area contributed by atoms with Crippen LogP contribution >= 0.6 is 0 Å². The lowest BCUT2D eigenvalue weighted by Gasteiger charge is -2.54. The summed E-state index contributed by atoms with van der Waals surface area (Å²) in [4.78, 5) is 15.3. The third-order valence-corrected chi connectivity index (χ3v) is 4.51. The Morgan fingerprint density at radius 3 is 2.05 bits per heavy atom. The van der Waals surface area contributed by atoms with Crippen LogP contribution in [-0.4, -0.2) is 22.8 Å². The van der Waals surface area contributed by atoms with E-state index in [9.17, 15) is 4.79 Å². The Hall–Kier alpha value is -1.93. The van der Waals surface area contributed by atoms with Crippen molar-refractivity contribution in [2.24, 2.45) is 5.92 Å². The Kier molecular flexibility index (Phi) is 3.88. The van der Waals surface area contributed by atoms with Crippen LogP contribution in [-0.2, 0) is 0 Å². The van der Waals surface area contributed by atoms with Crippen LogP contribution in [0.25, 0.3) is 0 Å². The molecule has 0 unspecified atom stereocenters. The molecule has 2 aromatic carbocycles. The van der Waals surface area contributed by atoms with Crippen molar-refractivity contribution in [2.75, 3.05) is 6.54 Å². The second-order valence-electron chi connectivity index (χ2n) is 7.02. The number of hydrogen-bond acceptors (Lipinski definition) is 2. The first-order valence-electron chi connectivity index (χ1n) is 7.89. The van der Waals surface area contributed by atoms with Gasteiger partial charge in [-0.15, -0.1) is 0 Å². The highest BCUT2D eigenvalue weighted by Crippen LogP contribution is 2.44. The maximum atomic E-state index is 12.9. The Bertz CT molecular complexity index is 642. The van der Waals surface area contributed by atoms with Gasteiger partial charge >= 0.3 is 0 Å². The van der Waals surface area contributed by atoms with Gasteiger partial charge in [0, 0.05) is 23.7 Å². The predicted octanol–water partition coefficient (Wildman–Crippen LogP) is 4.34. The number of carbonyl (C=O) groups excluding carboxylic acids is 1. The number of likely N-dealkylation sites (tertiary alicyclic amines) is 1. The highest BCUT2D eigenvalue weighted by molar-refractivity contribution is 5.99. The van der Waals surface area contributed by atoms with Gasteiger partial charge in [-0.25, -0.2) is 0 Å². The van der Waals surface area contributed by atoms with Crippen LogP contribution in [0.3, 0.4) is 0 Å². The quantitative estimate of drug-likeness (QED) is 0.785. The van der Waals surface area contributed by atoms with Gasteiger partial charge in [-0.05, 0) is 26.3 Å².